The van der Waals surface area contributed by atoms with Gasteiger partial charge in [0.05, 0.1) is 0 Å². The molecule has 0 fully saturated rings. The fourth-order valence-electron chi connectivity index (χ4n) is 1.32. The van der Waals surface area contributed by atoms with Crippen molar-refractivity contribution >= 4 is 5.65 Å². The first-order valence-corrected chi connectivity index (χ1v) is 3.95. The van der Waals surface area contributed by atoms with E-state index in [4.69, 9.17) is 0 Å². The fraction of sp³-hybridized carbons (Fsp3) is 0.250. The summed E-state index contributed by atoms with van der Waals surface area (Å²) in [5, 5.41) is 0. The van der Waals surface area contributed by atoms with E-state index in [1.807, 2.05) is 0 Å². The van der Waals surface area contributed by atoms with Crippen LogP contribution in [-0.4, -0.2) is 9.56 Å². The molecule has 0 saturated heterocycles. The van der Waals surface area contributed by atoms with Crippen LogP contribution < -0.4 is 5.43 Å². The zero-order valence-electron chi connectivity index (χ0n) is 7.50. The van der Waals surface area contributed by atoms with Gasteiger partial charge in [0.15, 0.2) is 16.8 Å². The van der Waals surface area contributed by atoms with Gasteiger partial charge in [0.1, 0.15) is 0 Å². The maximum atomic E-state index is 12.6. The summed E-state index contributed by atoms with van der Waals surface area (Å²) in [6, 6.07) is 0.994. The number of fused-ring (bicyclic) bond motifs is 1. The van der Waals surface area contributed by atoms with E-state index < -0.39 is 22.9 Å². The highest BCUT2D eigenvalue weighted by Gasteiger charge is 2.37. The van der Waals surface area contributed by atoms with Crippen molar-refractivity contribution in [1.29, 1.82) is 0 Å². The Morgan fingerprint density at radius 1 is 1.47 bits per heavy atom. The Balaban J connectivity index is 2.96. The first-order valence-electron chi connectivity index (χ1n) is 3.95. The van der Waals surface area contributed by atoms with Crippen molar-refractivity contribution in [2.24, 2.45) is 0 Å². The Labute approximate surface area is 80.9 Å². The van der Waals surface area contributed by atoms with Crippen LogP contribution in [0.25, 0.3) is 5.65 Å². The number of nitrogens with zero attached hydrogens (tertiary/aromatic N) is 2. The van der Waals surface area contributed by atoms with E-state index in [1.54, 1.807) is 0 Å². The van der Waals surface area contributed by atoms with Gasteiger partial charge in [-0.25, -0.2) is 0 Å². The Morgan fingerprint density at radius 3 is 2.73 bits per heavy atom. The molecule has 0 amide bonds. The van der Waals surface area contributed by atoms with Crippen LogP contribution in [-0.2, 0) is 6.18 Å². The zero-order valence-corrected chi connectivity index (χ0v) is 7.50. The summed E-state index contributed by atoms with van der Waals surface area (Å²) in [7, 11) is 0. The van der Waals surface area contributed by atoms with Crippen molar-refractivity contribution in [1.82, 2.24) is 9.56 Å². The molecule has 0 radical (unpaired) electrons. The smallest absolute Gasteiger partial charge is 0.361 e. The molecule has 7 heteroatoms. The Kier molecular flexibility index (Phi) is 1.85. The van der Waals surface area contributed by atoms with Crippen LogP contribution in [0.1, 0.15) is 11.3 Å². The minimum Gasteiger partial charge on any atom is -0.361 e. The third-order valence-corrected chi connectivity index (χ3v) is 2.00. The molecule has 2 aromatic rings. The number of alkyl halides is 3. The number of hydrogen-bond acceptors (Lipinski definition) is 3. The van der Waals surface area contributed by atoms with Crippen molar-refractivity contribution in [3.05, 3.63) is 33.9 Å². The quantitative estimate of drug-likeness (QED) is 0.674. The minimum absolute atomic E-state index is 0.155. The highest BCUT2D eigenvalue weighted by atomic mass is 19.4. The predicted octanol–water partition coefficient (Wildman–Crippen LogP) is 1.61. The number of halogens is 3. The van der Waals surface area contributed by atoms with E-state index in [9.17, 15) is 18.0 Å². The zero-order chi connectivity index (χ0) is 11.2. The third kappa shape index (κ3) is 1.39. The van der Waals surface area contributed by atoms with E-state index >= 15 is 0 Å². The molecule has 0 unspecified atom stereocenters. The van der Waals surface area contributed by atoms with E-state index in [2.05, 4.69) is 9.51 Å². The van der Waals surface area contributed by atoms with Crippen LogP contribution in [0, 0.1) is 6.92 Å². The van der Waals surface area contributed by atoms with Crippen LogP contribution in [0.5, 0.6) is 0 Å². The van der Waals surface area contributed by atoms with Gasteiger partial charge >= 0.3 is 6.18 Å². The van der Waals surface area contributed by atoms with Gasteiger partial charge in [-0.2, -0.15) is 22.7 Å². The Bertz CT molecular complexity index is 567. The van der Waals surface area contributed by atoms with Gasteiger partial charge in [0.25, 0.3) is 0 Å². The van der Waals surface area contributed by atoms with Crippen LogP contribution in [0.2, 0.25) is 0 Å². The molecule has 0 aliphatic rings. The summed E-state index contributed by atoms with van der Waals surface area (Å²) < 4.78 is 42.8. The molecule has 2 heterocycles. The summed E-state index contributed by atoms with van der Waals surface area (Å²) in [6.07, 6.45) is -3.80. The van der Waals surface area contributed by atoms with E-state index in [0.717, 1.165) is 19.4 Å². The van der Waals surface area contributed by atoms with E-state index in [-0.39, 0.29) is 5.65 Å². The SMILES string of the molecule is Cc1c(C(F)(F)F)n2ocnc2cc1=O. The lowest BCUT2D eigenvalue weighted by molar-refractivity contribution is -0.145. The third-order valence-electron chi connectivity index (χ3n) is 2.00. The topological polar surface area (TPSA) is 47.5 Å². The highest BCUT2D eigenvalue weighted by Crippen LogP contribution is 2.30. The maximum absolute atomic E-state index is 12.6. The molecule has 0 bridgehead atoms. The molecule has 2 rings (SSSR count). The molecule has 2 aromatic heterocycles. The van der Waals surface area contributed by atoms with Gasteiger partial charge in [-0.15, -0.1) is 0 Å². The highest BCUT2D eigenvalue weighted by molar-refractivity contribution is 5.40. The molecular weight excluding hydrogens is 213 g/mol. The molecule has 15 heavy (non-hydrogen) atoms. The number of rotatable bonds is 0. The first kappa shape index (κ1) is 9.75. The monoisotopic (exact) mass is 218 g/mol. The lowest BCUT2D eigenvalue weighted by Gasteiger charge is -2.09. The lowest BCUT2D eigenvalue weighted by atomic mass is 10.2. The normalized spacial score (nSPS) is 12.3. The van der Waals surface area contributed by atoms with Gasteiger partial charge in [0.2, 0.25) is 6.39 Å². The van der Waals surface area contributed by atoms with Crippen LogP contribution in [0.4, 0.5) is 13.2 Å². The van der Waals surface area contributed by atoms with Gasteiger partial charge in [0, 0.05) is 11.6 Å². The number of hydrogen-bond donors (Lipinski definition) is 0. The summed E-state index contributed by atoms with van der Waals surface area (Å²) in [6.45, 7) is 1.10. The molecular formula is C8H5F3N2O2. The second-order valence-electron chi connectivity index (χ2n) is 2.97. The van der Waals surface area contributed by atoms with Gasteiger partial charge in [-0.3, -0.25) is 4.79 Å². The number of pyridine rings is 1. The summed E-state index contributed by atoms with van der Waals surface area (Å²) in [5.41, 5.74) is -2.39. The average Bonchev–Trinajstić information content (AvgIpc) is 2.50. The van der Waals surface area contributed by atoms with E-state index in [1.165, 1.54) is 0 Å². The van der Waals surface area contributed by atoms with E-state index in [0.29, 0.717) is 4.57 Å². The summed E-state index contributed by atoms with van der Waals surface area (Å²) in [5.74, 6) is 0. The molecule has 0 aliphatic heterocycles. The maximum Gasteiger partial charge on any atom is 0.435 e. The molecule has 80 valence electrons. The lowest BCUT2D eigenvalue weighted by Crippen LogP contribution is -2.20. The minimum atomic E-state index is -4.65. The van der Waals surface area contributed by atoms with Crippen molar-refractivity contribution in [2.75, 3.05) is 0 Å². The molecule has 0 saturated carbocycles. The summed E-state index contributed by atoms with van der Waals surface area (Å²) in [4.78, 5) is 14.7. The van der Waals surface area contributed by atoms with Crippen LogP contribution in [0.3, 0.4) is 0 Å². The molecule has 0 atom stereocenters. The predicted molar refractivity (Wildman–Crippen MR) is 43.5 cm³/mol. The first-order chi connectivity index (χ1) is 6.91. The molecule has 0 spiro atoms. The average molecular weight is 218 g/mol. The van der Waals surface area contributed by atoms with Crippen LogP contribution >= 0.6 is 0 Å². The second-order valence-corrected chi connectivity index (χ2v) is 2.97. The Morgan fingerprint density at radius 2 is 2.13 bits per heavy atom. The van der Waals surface area contributed by atoms with Gasteiger partial charge < -0.3 is 4.52 Å². The Hall–Kier alpha value is -1.79. The summed E-state index contributed by atoms with van der Waals surface area (Å²) >= 11 is 0. The molecule has 0 aromatic carbocycles. The van der Waals surface area contributed by atoms with Crippen molar-refractivity contribution in [3.63, 3.8) is 0 Å². The van der Waals surface area contributed by atoms with Crippen molar-refractivity contribution in [3.8, 4) is 0 Å². The van der Waals surface area contributed by atoms with Crippen molar-refractivity contribution in [2.45, 2.75) is 13.1 Å². The van der Waals surface area contributed by atoms with Gasteiger partial charge in [-0.1, -0.05) is 0 Å². The molecule has 0 N–H and O–H groups in total. The van der Waals surface area contributed by atoms with Crippen LogP contribution in [0.15, 0.2) is 21.8 Å². The fourth-order valence-corrected chi connectivity index (χ4v) is 1.32. The van der Waals surface area contributed by atoms with Gasteiger partial charge in [-0.05, 0) is 6.92 Å². The van der Waals surface area contributed by atoms with Crippen molar-refractivity contribution < 1.29 is 17.7 Å². The molecule has 4 nitrogen and oxygen atoms in total. The second kappa shape index (κ2) is 2.85. The molecule has 0 aliphatic carbocycles. The standard InChI is InChI=1S/C8H5F3N2O2/c1-4-5(14)2-6-12-3-15-13(6)7(4)8(9,10)11/h2-3H,1H3. The largest absolute Gasteiger partial charge is 0.435 e. The number of aromatic nitrogens is 2.